The average molecular weight is 421 g/mol. The smallest absolute Gasteiger partial charge is 0.242 e. The van der Waals surface area contributed by atoms with Gasteiger partial charge in [-0.25, -0.2) is 0 Å². The van der Waals surface area contributed by atoms with Gasteiger partial charge in [0.15, 0.2) is 0 Å². The van der Waals surface area contributed by atoms with Gasteiger partial charge in [-0.3, -0.25) is 9.59 Å². The number of rotatable bonds is 8. The summed E-state index contributed by atoms with van der Waals surface area (Å²) < 4.78 is 0. The molecule has 1 N–H and O–H groups in total. The van der Waals surface area contributed by atoms with Crippen LogP contribution in [0.15, 0.2) is 42.5 Å². The standard InChI is InChI=1S/C22H26Cl2N2O2/c1-4-11-25-22(28)16(3)26(14-17-7-5-15(2)6-8-17)21(27)13-18-9-10-19(23)20(24)12-18/h5-10,12,16H,4,11,13-14H2,1-3H3,(H,25,28)/t16-/m0/s1. The van der Waals surface area contributed by atoms with Crippen molar-refractivity contribution in [2.45, 2.75) is 46.2 Å². The van der Waals surface area contributed by atoms with E-state index in [1.54, 1.807) is 30.0 Å². The van der Waals surface area contributed by atoms with Crippen molar-refractivity contribution in [2.75, 3.05) is 6.54 Å². The van der Waals surface area contributed by atoms with Gasteiger partial charge >= 0.3 is 0 Å². The van der Waals surface area contributed by atoms with Crippen LogP contribution in [0.25, 0.3) is 0 Å². The van der Waals surface area contributed by atoms with Crippen LogP contribution in [0.2, 0.25) is 10.0 Å². The molecule has 0 aliphatic carbocycles. The lowest BCUT2D eigenvalue weighted by atomic mass is 10.1. The molecule has 6 heteroatoms. The van der Waals surface area contributed by atoms with Crippen LogP contribution in [-0.2, 0) is 22.6 Å². The van der Waals surface area contributed by atoms with Gasteiger partial charge in [0, 0.05) is 13.1 Å². The van der Waals surface area contributed by atoms with Gasteiger partial charge in [0.2, 0.25) is 11.8 Å². The van der Waals surface area contributed by atoms with Crippen LogP contribution in [-0.4, -0.2) is 29.3 Å². The zero-order chi connectivity index (χ0) is 20.7. The second kappa shape index (κ2) is 10.5. The van der Waals surface area contributed by atoms with Crippen LogP contribution in [0.5, 0.6) is 0 Å². The van der Waals surface area contributed by atoms with Crippen molar-refractivity contribution in [1.82, 2.24) is 10.2 Å². The van der Waals surface area contributed by atoms with Gasteiger partial charge in [0.1, 0.15) is 6.04 Å². The maximum absolute atomic E-state index is 13.1. The maximum Gasteiger partial charge on any atom is 0.242 e. The first-order valence-corrected chi connectivity index (χ1v) is 10.1. The number of nitrogens with one attached hydrogen (secondary N) is 1. The minimum Gasteiger partial charge on any atom is -0.354 e. The Morgan fingerprint density at radius 1 is 1.04 bits per heavy atom. The molecule has 150 valence electrons. The number of benzene rings is 2. The molecule has 2 aromatic rings. The fourth-order valence-electron chi connectivity index (χ4n) is 2.79. The molecule has 0 spiro atoms. The summed E-state index contributed by atoms with van der Waals surface area (Å²) >= 11 is 12.0. The second-order valence-electron chi connectivity index (χ2n) is 6.90. The molecule has 0 radical (unpaired) electrons. The van der Waals surface area contributed by atoms with Crippen molar-refractivity contribution in [3.8, 4) is 0 Å². The number of nitrogens with zero attached hydrogens (tertiary/aromatic N) is 1. The molecule has 0 aliphatic rings. The van der Waals surface area contributed by atoms with E-state index in [1.165, 1.54) is 0 Å². The summed E-state index contributed by atoms with van der Waals surface area (Å²) in [4.78, 5) is 27.2. The highest BCUT2D eigenvalue weighted by Crippen LogP contribution is 2.23. The van der Waals surface area contributed by atoms with Crippen LogP contribution in [0.1, 0.15) is 37.0 Å². The first kappa shape index (κ1) is 22.3. The van der Waals surface area contributed by atoms with Crippen LogP contribution < -0.4 is 5.32 Å². The number of hydrogen-bond donors (Lipinski definition) is 1. The van der Waals surface area contributed by atoms with Gasteiger partial charge < -0.3 is 10.2 Å². The van der Waals surface area contributed by atoms with E-state index in [-0.39, 0.29) is 18.2 Å². The molecule has 2 aromatic carbocycles. The third-order valence-corrected chi connectivity index (χ3v) is 5.27. The molecule has 28 heavy (non-hydrogen) atoms. The van der Waals surface area contributed by atoms with E-state index in [4.69, 9.17) is 23.2 Å². The lowest BCUT2D eigenvalue weighted by Crippen LogP contribution is -2.48. The van der Waals surface area contributed by atoms with Gasteiger partial charge in [-0.1, -0.05) is 66.0 Å². The van der Waals surface area contributed by atoms with Crippen molar-refractivity contribution in [3.05, 3.63) is 69.2 Å². The molecular weight excluding hydrogens is 395 g/mol. The Labute approximate surface area is 176 Å². The van der Waals surface area contributed by atoms with Crippen molar-refractivity contribution >= 4 is 35.0 Å². The summed E-state index contributed by atoms with van der Waals surface area (Å²) in [7, 11) is 0. The summed E-state index contributed by atoms with van der Waals surface area (Å²) in [5.74, 6) is -0.297. The van der Waals surface area contributed by atoms with Crippen molar-refractivity contribution in [2.24, 2.45) is 0 Å². The average Bonchev–Trinajstić information content (AvgIpc) is 2.67. The van der Waals surface area contributed by atoms with E-state index >= 15 is 0 Å². The summed E-state index contributed by atoms with van der Waals surface area (Å²) in [6.07, 6.45) is 0.988. The number of amides is 2. The maximum atomic E-state index is 13.1. The lowest BCUT2D eigenvalue weighted by molar-refractivity contribution is -0.140. The van der Waals surface area contributed by atoms with Crippen LogP contribution in [0.3, 0.4) is 0 Å². The molecular formula is C22H26Cl2N2O2. The SMILES string of the molecule is CCCNC(=O)[C@H](C)N(Cc1ccc(C)cc1)C(=O)Cc1ccc(Cl)c(Cl)c1. The molecule has 4 nitrogen and oxygen atoms in total. The van der Waals surface area contributed by atoms with Gasteiger partial charge in [0.05, 0.1) is 16.5 Å². The Kier molecular flexibility index (Phi) is 8.34. The molecule has 0 heterocycles. The second-order valence-corrected chi connectivity index (χ2v) is 7.71. The first-order valence-electron chi connectivity index (χ1n) is 9.38. The number of carbonyl (C=O) groups excluding carboxylic acids is 2. The van der Waals surface area contributed by atoms with E-state index in [9.17, 15) is 9.59 Å². The summed E-state index contributed by atoms with van der Waals surface area (Å²) in [6.45, 7) is 6.71. The first-order chi connectivity index (χ1) is 13.3. The Hall–Kier alpha value is -2.04. The molecule has 2 rings (SSSR count). The van der Waals surface area contributed by atoms with Crippen LogP contribution in [0, 0.1) is 6.92 Å². The van der Waals surface area contributed by atoms with Crippen LogP contribution in [0.4, 0.5) is 0 Å². The highest BCUT2D eigenvalue weighted by molar-refractivity contribution is 6.42. The molecule has 1 atom stereocenters. The monoisotopic (exact) mass is 420 g/mol. The van der Waals surface area contributed by atoms with Crippen molar-refractivity contribution in [3.63, 3.8) is 0 Å². The third kappa shape index (κ3) is 6.25. The van der Waals surface area contributed by atoms with Gasteiger partial charge in [-0.05, 0) is 43.5 Å². The van der Waals surface area contributed by atoms with Crippen LogP contribution >= 0.6 is 23.2 Å². The van der Waals surface area contributed by atoms with E-state index in [1.807, 2.05) is 38.1 Å². The fourth-order valence-corrected chi connectivity index (χ4v) is 3.12. The van der Waals surface area contributed by atoms with E-state index in [0.717, 1.165) is 23.1 Å². The Morgan fingerprint density at radius 3 is 2.29 bits per heavy atom. The molecule has 0 unspecified atom stereocenters. The minimum atomic E-state index is -0.580. The molecule has 0 fully saturated rings. The minimum absolute atomic E-state index is 0.141. The van der Waals surface area contributed by atoms with Gasteiger partial charge in [0.25, 0.3) is 0 Å². The topological polar surface area (TPSA) is 49.4 Å². The van der Waals surface area contributed by atoms with Crippen molar-refractivity contribution < 1.29 is 9.59 Å². The molecule has 0 aromatic heterocycles. The fraction of sp³-hybridized carbons (Fsp3) is 0.364. The highest BCUT2D eigenvalue weighted by Gasteiger charge is 2.26. The largest absolute Gasteiger partial charge is 0.354 e. The van der Waals surface area contributed by atoms with Crippen molar-refractivity contribution in [1.29, 1.82) is 0 Å². The molecule has 0 bridgehead atoms. The number of halogens is 2. The highest BCUT2D eigenvalue weighted by atomic mass is 35.5. The summed E-state index contributed by atoms with van der Waals surface area (Å²) in [5.41, 5.74) is 2.88. The Balaban J connectivity index is 2.21. The predicted molar refractivity (Wildman–Crippen MR) is 115 cm³/mol. The Bertz CT molecular complexity index is 822. The molecule has 2 amide bonds. The normalized spacial score (nSPS) is 11.8. The lowest BCUT2D eigenvalue weighted by Gasteiger charge is -2.29. The molecule has 0 aliphatic heterocycles. The van der Waals surface area contributed by atoms with Gasteiger partial charge in [-0.2, -0.15) is 0 Å². The number of hydrogen-bond acceptors (Lipinski definition) is 2. The van der Waals surface area contributed by atoms with Gasteiger partial charge in [-0.15, -0.1) is 0 Å². The number of aryl methyl sites for hydroxylation is 1. The van der Waals surface area contributed by atoms with E-state index in [2.05, 4.69) is 5.32 Å². The zero-order valence-electron chi connectivity index (χ0n) is 16.5. The van der Waals surface area contributed by atoms with E-state index < -0.39 is 6.04 Å². The summed E-state index contributed by atoms with van der Waals surface area (Å²) in [5, 5.41) is 3.73. The molecule has 0 saturated carbocycles. The third-order valence-electron chi connectivity index (χ3n) is 4.53. The van der Waals surface area contributed by atoms with E-state index in [0.29, 0.717) is 23.1 Å². The summed E-state index contributed by atoms with van der Waals surface area (Å²) in [6, 6.07) is 12.5. The predicted octanol–water partition coefficient (Wildman–Crippen LogP) is 4.79. The quantitative estimate of drug-likeness (QED) is 0.667. The zero-order valence-corrected chi connectivity index (χ0v) is 18.0. The number of carbonyl (C=O) groups is 2. The molecule has 0 saturated heterocycles. The Morgan fingerprint density at radius 2 is 1.68 bits per heavy atom.